The Morgan fingerprint density at radius 1 is 1.00 bits per heavy atom. The quantitative estimate of drug-likeness (QED) is 0.702. The summed E-state index contributed by atoms with van der Waals surface area (Å²) >= 11 is 0. The van der Waals surface area contributed by atoms with Gasteiger partial charge in [0.25, 0.3) is 0 Å². The third-order valence-corrected chi connectivity index (χ3v) is 3.78. The van der Waals surface area contributed by atoms with Crippen LogP contribution >= 0.6 is 0 Å². The Morgan fingerprint density at radius 2 is 1.64 bits per heavy atom. The van der Waals surface area contributed by atoms with Crippen molar-refractivity contribution >= 4 is 5.91 Å². The van der Waals surface area contributed by atoms with Gasteiger partial charge in [0.2, 0.25) is 5.91 Å². The molecule has 5 heteroatoms. The van der Waals surface area contributed by atoms with Crippen molar-refractivity contribution in [3.05, 3.63) is 23.8 Å². The van der Waals surface area contributed by atoms with Crippen molar-refractivity contribution in [1.82, 2.24) is 9.80 Å². The number of rotatable bonds is 9. The molecule has 0 atom stereocenters. The van der Waals surface area contributed by atoms with Crippen LogP contribution in [0.2, 0.25) is 0 Å². The lowest BCUT2D eigenvalue weighted by atomic mass is 10.2. The molecule has 0 fully saturated rings. The third kappa shape index (κ3) is 4.91. The molecule has 1 rings (SSSR count). The van der Waals surface area contributed by atoms with Crippen LogP contribution in [-0.2, 0) is 11.3 Å². The van der Waals surface area contributed by atoms with Crippen LogP contribution in [0.1, 0.15) is 26.3 Å². The molecule has 0 heterocycles. The highest BCUT2D eigenvalue weighted by molar-refractivity contribution is 5.78. The topological polar surface area (TPSA) is 42.0 Å². The molecule has 0 N–H and O–H groups in total. The average Bonchev–Trinajstić information content (AvgIpc) is 2.55. The van der Waals surface area contributed by atoms with E-state index in [0.717, 1.165) is 25.2 Å². The van der Waals surface area contributed by atoms with Gasteiger partial charge >= 0.3 is 0 Å². The molecule has 0 aliphatic rings. The number of carbonyl (C=O) groups excluding carboxylic acids is 1. The van der Waals surface area contributed by atoms with Crippen LogP contribution in [0.15, 0.2) is 18.2 Å². The molecule has 1 amide bonds. The van der Waals surface area contributed by atoms with Crippen molar-refractivity contribution in [2.45, 2.75) is 27.3 Å². The lowest BCUT2D eigenvalue weighted by Gasteiger charge is -2.25. The van der Waals surface area contributed by atoms with Crippen molar-refractivity contribution in [3.8, 4) is 11.5 Å². The highest BCUT2D eigenvalue weighted by Crippen LogP contribution is 2.28. The number of ether oxygens (including phenoxy) is 2. The molecule has 1 aromatic carbocycles. The summed E-state index contributed by atoms with van der Waals surface area (Å²) < 4.78 is 10.6. The molecule has 0 radical (unpaired) electrons. The molecule has 5 nitrogen and oxygen atoms in total. The molecule has 0 aliphatic carbocycles. The Hall–Kier alpha value is -1.75. The van der Waals surface area contributed by atoms with E-state index >= 15 is 0 Å². The Balaban J connectivity index is 2.75. The summed E-state index contributed by atoms with van der Waals surface area (Å²) in [6.45, 7) is 9.55. The molecular formula is C17H28N2O3. The monoisotopic (exact) mass is 308 g/mol. The van der Waals surface area contributed by atoms with Gasteiger partial charge in [0, 0.05) is 19.6 Å². The Morgan fingerprint density at radius 3 is 2.14 bits per heavy atom. The number of hydrogen-bond acceptors (Lipinski definition) is 4. The van der Waals surface area contributed by atoms with Crippen molar-refractivity contribution in [3.63, 3.8) is 0 Å². The van der Waals surface area contributed by atoms with Gasteiger partial charge in [0.05, 0.1) is 20.8 Å². The smallest absolute Gasteiger partial charge is 0.236 e. The molecule has 124 valence electrons. The molecule has 0 bridgehead atoms. The maximum absolute atomic E-state index is 12.2. The second-order valence-electron chi connectivity index (χ2n) is 5.06. The van der Waals surface area contributed by atoms with Gasteiger partial charge in [-0.3, -0.25) is 9.69 Å². The lowest BCUT2D eigenvalue weighted by molar-refractivity contribution is -0.132. The van der Waals surface area contributed by atoms with Crippen molar-refractivity contribution in [2.75, 3.05) is 40.4 Å². The van der Waals surface area contributed by atoms with Gasteiger partial charge in [-0.05, 0) is 38.1 Å². The third-order valence-electron chi connectivity index (χ3n) is 3.78. The fourth-order valence-electron chi connectivity index (χ4n) is 2.38. The zero-order valence-electron chi connectivity index (χ0n) is 14.4. The Bertz CT molecular complexity index is 473. The van der Waals surface area contributed by atoms with E-state index in [4.69, 9.17) is 9.47 Å². The van der Waals surface area contributed by atoms with Gasteiger partial charge < -0.3 is 14.4 Å². The van der Waals surface area contributed by atoms with Crippen LogP contribution in [0, 0.1) is 0 Å². The molecule has 0 saturated carbocycles. The van der Waals surface area contributed by atoms with Gasteiger partial charge in [-0.25, -0.2) is 0 Å². The van der Waals surface area contributed by atoms with Crippen LogP contribution in [0.25, 0.3) is 0 Å². The van der Waals surface area contributed by atoms with Crippen LogP contribution in [-0.4, -0.2) is 56.1 Å². The van der Waals surface area contributed by atoms with E-state index in [1.54, 1.807) is 14.2 Å². The van der Waals surface area contributed by atoms with Crippen LogP contribution < -0.4 is 9.47 Å². The zero-order valence-corrected chi connectivity index (χ0v) is 14.4. The first-order valence-corrected chi connectivity index (χ1v) is 7.80. The number of methoxy groups -OCH3 is 2. The normalized spacial score (nSPS) is 10.6. The number of benzene rings is 1. The molecule has 0 saturated heterocycles. The summed E-state index contributed by atoms with van der Waals surface area (Å²) in [6, 6.07) is 5.86. The molecule has 1 aromatic rings. The second kappa shape index (κ2) is 9.30. The van der Waals surface area contributed by atoms with Gasteiger partial charge in [-0.15, -0.1) is 0 Å². The number of carbonyl (C=O) groups is 1. The van der Waals surface area contributed by atoms with Crippen LogP contribution in [0.4, 0.5) is 0 Å². The van der Waals surface area contributed by atoms with Gasteiger partial charge in [-0.2, -0.15) is 0 Å². The van der Waals surface area contributed by atoms with Gasteiger partial charge in [0.1, 0.15) is 0 Å². The number of hydrogen-bond donors (Lipinski definition) is 0. The van der Waals surface area contributed by atoms with Crippen LogP contribution in [0.3, 0.4) is 0 Å². The van der Waals surface area contributed by atoms with E-state index in [1.807, 2.05) is 36.9 Å². The Kier molecular flexibility index (Phi) is 7.74. The first kappa shape index (κ1) is 18.3. The minimum absolute atomic E-state index is 0.173. The summed E-state index contributed by atoms with van der Waals surface area (Å²) in [5, 5.41) is 0. The first-order valence-electron chi connectivity index (χ1n) is 7.80. The first-order chi connectivity index (χ1) is 10.6. The summed E-state index contributed by atoms with van der Waals surface area (Å²) in [7, 11) is 3.25. The van der Waals surface area contributed by atoms with E-state index in [9.17, 15) is 4.79 Å². The predicted octanol–water partition coefficient (Wildman–Crippen LogP) is 2.39. The minimum atomic E-state index is 0.173. The van der Waals surface area contributed by atoms with E-state index in [1.165, 1.54) is 0 Å². The zero-order chi connectivity index (χ0) is 16.5. The van der Waals surface area contributed by atoms with Gasteiger partial charge in [0.15, 0.2) is 11.5 Å². The minimum Gasteiger partial charge on any atom is -0.493 e. The summed E-state index contributed by atoms with van der Waals surface area (Å²) in [5.74, 6) is 1.60. The maximum atomic E-state index is 12.2. The van der Waals surface area contributed by atoms with E-state index in [-0.39, 0.29) is 5.91 Å². The van der Waals surface area contributed by atoms with Crippen LogP contribution in [0.5, 0.6) is 11.5 Å². The molecule has 0 spiro atoms. The molecule has 0 unspecified atom stereocenters. The average molecular weight is 308 g/mol. The van der Waals surface area contributed by atoms with Crippen molar-refractivity contribution < 1.29 is 14.3 Å². The number of nitrogens with zero attached hydrogens (tertiary/aromatic N) is 2. The highest BCUT2D eigenvalue weighted by Gasteiger charge is 2.15. The van der Waals surface area contributed by atoms with E-state index in [2.05, 4.69) is 11.8 Å². The van der Waals surface area contributed by atoms with E-state index < -0.39 is 0 Å². The maximum Gasteiger partial charge on any atom is 0.236 e. The summed E-state index contributed by atoms with van der Waals surface area (Å²) in [5.41, 5.74) is 1.10. The number of likely N-dealkylation sites (N-methyl/N-ethyl adjacent to an activating group) is 2. The predicted molar refractivity (Wildman–Crippen MR) is 88.4 cm³/mol. The Labute approximate surface area is 133 Å². The molecule has 0 aromatic heterocycles. The fraction of sp³-hybridized carbons (Fsp3) is 0.588. The lowest BCUT2D eigenvalue weighted by Crippen LogP contribution is -2.39. The van der Waals surface area contributed by atoms with Crippen molar-refractivity contribution in [1.29, 1.82) is 0 Å². The highest BCUT2D eigenvalue weighted by atomic mass is 16.5. The van der Waals surface area contributed by atoms with Gasteiger partial charge in [-0.1, -0.05) is 13.0 Å². The number of amides is 1. The summed E-state index contributed by atoms with van der Waals surface area (Å²) in [4.78, 5) is 16.2. The summed E-state index contributed by atoms with van der Waals surface area (Å²) in [6.07, 6.45) is 0. The standard InChI is InChI=1S/C17H28N2O3/c1-6-18(13-17(20)19(7-2)8-3)12-14-9-10-15(21-4)16(11-14)22-5/h9-11H,6-8,12-13H2,1-5H3. The molecular weight excluding hydrogens is 280 g/mol. The SMILES string of the molecule is CCN(CC(=O)N(CC)CC)Cc1ccc(OC)c(OC)c1. The van der Waals surface area contributed by atoms with E-state index in [0.29, 0.717) is 24.6 Å². The largest absolute Gasteiger partial charge is 0.493 e. The molecule has 0 aliphatic heterocycles. The molecule has 22 heavy (non-hydrogen) atoms. The van der Waals surface area contributed by atoms with Crippen molar-refractivity contribution in [2.24, 2.45) is 0 Å². The second-order valence-corrected chi connectivity index (χ2v) is 5.06. The fourth-order valence-corrected chi connectivity index (χ4v) is 2.38.